The summed E-state index contributed by atoms with van der Waals surface area (Å²) in [6, 6.07) is 2.27. The topological polar surface area (TPSA) is 30.0 Å². The van der Waals surface area contributed by atoms with Gasteiger partial charge in [0.1, 0.15) is 0 Å². The van der Waals surface area contributed by atoms with E-state index in [4.69, 9.17) is 0 Å². The first-order valence-electron chi connectivity index (χ1n) is 8.37. The zero-order chi connectivity index (χ0) is 14.7. The minimum Gasteiger partial charge on any atom is -0.395 e. The predicted molar refractivity (Wildman–Crippen MR) is 84.0 cm³/mol. The van der Waals surface area contributed by atoms with Crippen molar-refractivity contribution in [1.82, 2.24) is 14.7 Å². The summed E-state index contributed by atoms with van der Waals surface area (Å²) in [6.07, 6.45) is 2.52. The Morgan fingerprint density at radius 1 is 0.900 bits per heavy atom. The average Bonchev–Trinajstić information content (AvgIpc) is 2.46. The number of aliphatic hydroxyl groups is 1. The first-order chi connectivity index (χ1) is 9.52. The van der Waals surface area contributed by atoms with Crippen LogP contribution in [-0.2, 0) is 0 Å². The highest BCUT2D eigenvalue weighted by Gasteiger charge is 2.34. The molecular weight excluding hydrogens is 250 g/mol. The Kier molecular flexibility index (Phi) is 5.84. The largest absolute Gasteiger partial charge is 0.395 e. The van der Waals surface area contributed by atoms with Gasteiger partial charge in [-0.2, -0.15) is 0 Å². The number of hydrogen-bond acceptors (Lipinski definition) is 4. The molecule has 118 valence electrons. The average molecular weight is 283 g/mol. The molecule has 0 aliphatic carbocycles. The molecule has 4 heteroatoms. The smallest absolute Gasteiger partial charge is 0.0599 e. The Morgan fingerprint density at radius 2 is 1.50 bits per heavy atom. The molecule has 0 unspecified atom stereocenters. The predicted octanol–water partition coefficient (Wildman–Crippen LogP) is 1.25. The first-order valence-corrected chi connectivity index (χ1v) is 8.37. The van der Waals surface area contributed by atoms with Crippen molar-refractivity contribution in [2.24, 2.45) is 0 Å². The van der Waals surface area contributed by atoms with Crippen molar-refractivity contribution in [3.05, 3.63) is 0 Å². The Hall–Kier alpha value is -0.160. The van der Waals surface area contributed by atoms with Gasteiger partial charge in [-0.25, -0.2) is 0 Å². The van der Waals surface area contributed by atoms with Crippen LogP contribution in [0.25, 0.3) is 0 Å². The van der Waals surface area contributed by atoms with Crippen molar-refractivity contribution in [3.8, 4) is 0 Å². The number of aliphatic hydroxyl groups excluding tert-OH is 1. The second kappa shape index (κ2) is 7.21. The fourth-order valence-corrected chi connectivity index (χ4v) is 3.74. The maximum atomic E-state index is 9.75. The molecule has 2 fully saturated rings. The summed E-state index contributed by atoms with van der Waals surface area (Å²) in [6.45, 7) is 15.1. The molecule has 0 aromatic carbocycles. The van der Waals surface area contributed by atoms with Gasteiger partial charge in [0, 0.05) is 43.8 Å². The SMILES string of the molecule is CC(C)N1CCC(N2CCN(C(C)C)C[C@@H]2CO)CC1. The van der Waals surface area contributed by atoms with E-state index in [2.05, 4.69) is 42.4 Å². The molecule has 1 atom stereocenters. The van der Waals surface area contributed by atoms with E-state index in [-0.39, 0.29) is 0 Å². The van der Waals surface area contributed by atoms with Crippen LogP contribution in [0.3, 0.4) is 0 Å². The van der Waals surface area contributed by atoms with Crippen LogP contribution in [0.15, 0.2) is 0 Å². The molecule has 0 bridgehead atoms. The zero-order valence-corrected chi connectivity index (χ0v) is 13.8. The summed E-state index contributed by atoms with van der Waals surface area (Å²) in [4.78, 5) is 7.67. The molecule has 2 aliphatic rings. The van der Waals surface area contributed by atoms with Crippen LogP contribution in [0.1, 0.15) is 40.5 Å². The maximum absolute atomic E-state index is 9.75. The van der Waals surface area contributed by atoms with Crippen LogP contribution in [0.2, 0.25) is 0 Å². The highest BCUT2D eigenvalue weighted by molar-refractivity contribution is 4.90. The number of piperazine rings is 1. The summed E-state index contributed by atoms with van der Waals surface area (Å²) < 4.78 is 0. The summed E-state index contributed by atoms with van der Waals surface area (Å²) in [5.74, 6) is 0. The molecule has 2 aliphatic heterocycles. The lowest BCUT2D eigenvalue weighted by Crippen LogP contribution is -2.60. The van der Waals surface area contributed by atoms with E-state index in [1.54, 1.807) is 0 Å². The summed E-state index contributed by atoms with van der Waals surface area (Å²) in [5.41, 5.74) is 0. The van der Waals surface area contributed by atoms with E-state index in [0.29, 0.717) is 30.8 Å². The Morgan fingerprint density at radius 3 is 2.00 bits per heavy atom. The van der Waals surface area contributed by atoms with Crippen LogP contribution < -0.4 is 0 Å². The van der Waals surface area contributed by atoms with E-state index in [1.807, 2.05) is 0 Å². The summed E-state index contributed by atoms with van der Waals surface area (Å²) >= 11 is 0. The molecule has 20 heavy (non-hydrogen) atoms. The molecule has 4 nitrogen and oxygen atoms in total. The van der Waals surface area contributed by atoms with Crippen LogP contribution in [0.5, 0.6) is 0 Å². The molecule has 0 spiro atoms. The lowest BCUT2D eigenvalue weighted by Gasteiger charge is -2.48. The molecule has 2 rings (SSSR count). The van der Waals surface area contributed by atoms with Gasteiger partial charge in [-0.05, 0) is 53.6 Å². The third kappa shape index (κ3) is 3.73. The molecule has 0 aromatic heterocycles. The molecule has 2 saturated heterocycles. The molecule has 0 amide bonds. The molecule has 0 aromatic rings. The van der Waals surface area contributed by atoms with Gasteiger partial charge in [0.2, 0.25) is 0 Å². The van der Waals surface area contributed by atoms with Gasteiger partial charge in [0.05, 0.1) is 6.61 Å². The molecular formula is C16H33N3O. The van der Waals surface area contributed by atoms with Gasteiger partial charge < -0.3 is 10.0 Å². The van der Waals surface area contributed by atoms with Crippen LogP contribution in [0.4, 0.5) is 0 Å². The third-order valence-electron chi connectivity index (χ3n) is 5.20. The summed E-state index contributed by atoms with van der Waals surface area (Å²) in [7, 11) is 0. The first kappa shape index (κ1) is 16.2. The van der Waals surface area contributed by atoms with Gasteiger partial charge in [0.25, 0.3) is 0 Å². The highest BCUT2D eigenvalue weighted by atomic mass is 16.3. The highest BCUT2D eigenvalue weighted by Crippen LogP contribution is 2.23. The zero-order valence-electron chi connectivity index (χ0n) is 13.8. The van der Waals surface area contributed by atoms with Crippen molar-refractivity contribution in [2.45, 2.75) is 64.7 Å². The lowest BCUT2D eigenvalue weighted by atomic mass is 9.98. The van der Waals surface area contributed by atoms with E-state index in [0.717, 1.165) is 19.6 Å². The molecule has 1 N–H and O–H groups in total. The second-order valence-corrected chi connectivity index (χ2v) is 7.02. The Bertz CT molecular complexity index is 287. The Balaban J connectivity index is 1.89. The number of likely N-dealkylation sites (tertiary alicyclic amines) is 1. The standard InChI is InChI=1S/C16H33N3O/c1-13(2)17-7-5-15(6-8-17)19-10-9-18(14(3)4)11-16(19)12-20/h13-16,20H,5-12H2,1-4H3/t16-/m1/s1. The minimum absolute atomic E-state index is 0.299. The maximum Gasteiger partial charge on any atom is 0.0599 e. The lowest BCUT2D eigenvalue weighted by molar-refractivity contribution is -0.0181. The normalized spacial score (nSPS) is 28.6. The van der Waals surface area contributed by atoms with Crippen LogP contribution >= 0.6 is 0 Å². The van der Waals surface area contributed by atoms with E-state index < -0.39 is 0 Å². The molecule has 0 radical (unpaired) electrons. The molecule has 2 heterocycles. The third-order valence-corrected chi connectivity index (χ3v) is 5.20. The van der Waals surface area contributed by atoms with E-state index in [1.165, 1.54) is 25.9 Å². The number of nitrogens with zero attached hydrogens (tertiary/aromatic N) is 3. The van der Waals surface area contributed by atoms with Crippen molar-refractivity contribution in [1.29, 1.82) is 0 Å². The van der Waals surface area contributed by atoms with Gasteiger partial charge in [0.15, 0.2) is 0 Å². The van der Waals surface area contributed by atoms with E-state index >= 15 is 0 Å². The quantitative estimate of drug-likeness (QED) is 0.841. The molecule has 0 saturated carbocycles. The number of rotatable bonds is 4. The second-order valence-electron chi connectivity index (χ2n) is 7.02. The summed E-state index contributed by atoms with van der Waals surface area (Å²) in [5, 5.41) is 9.75. The van der Waals surface area contributed by atoms with Crippen molar-refractivity contribution in [3.63, 3.8) is 0 Å². The number of hydrogen-bond donors (Lipinski definition) is 1. The van der Waals surface area contributed by atoms with Crippen LogP contribution in [-0.4, -0.2) is 83.3 Å². The monoisotopic (exact) mass is 283 g/mol. The van der Waals surface area contributed by atoms with Crippen molar-refractivity contribution < 1.29 is 5.11 Å². The Labute approximate surface area is 124 Å². The van der Waals surface area contributed by atoms with Gasteiger partial charge >= 0.3 is 0 Å². The van der Waals surface area contributed by atoms with Gasteiger partial charge in [-0.1, -0.05) is 0 Å². The minimum atomic E-state index is 0.299. The van der Waals surface area contributed by atoms with Crippen molar-refractivity contribution in [2.75, 3.05) is 39.3 Å². The fraction of sp³-hybridized carbons (Fsp3) is 1.00. The van der Waals surface area contributed by atoms with Crippen LogP contribution in [0, 0.1) is 0 Å². The fourth-order valence-electron chi connectivity index (χ4n) is 3.74. The van der Waals surface area contributed by atoms with Gasteiger partial charge in [-0.3, -0.25) is 9.80 Å². The number of piperidine rings is 1. The van der Waals surface area contributed by atoms with Gasteiger partial charge in [-0.15, -0.1) is 0 Å². The van der Waals surface area contributed by atoms with E-state index in [9.17, 15) is 5.11 Å². The van der Waals surface area contributed by atoms with Crippen molar-refractivity contribution >= 4 is 0 Å².